The average Bonchev–Trinajstić information content (AvgIpc) is 3.12. The molecule has 1 aliphatic heterocycles. The monoisotopic (exact) mass is 395 g/mol. The zero-order valence-corrected chi connectivity index (χ0v) is 15.9. The van der Waals surface area contributed by atoms with E-state index in [0.29, 0.717) is 5.92 Å². The van der Waals surface area contributed by atoms with Crippen LogP contribution in [-0.2, 0) is 4.79 Å². The highest BCUT2D eigenvalue weighted by molar-refractivity contribution is 5.61. The standard InChI is InChI=1S/C21H22N2O2.CH3NO.CH4/c1-15-20(25-21(23-15)17-6-5-13-22-14-17)16-9-11-19(12-10-16)24-18-7-3-2-4-8-18;2-1-3;/h2-4,7-12,17,22H,5-6,13-14H2,1H3;1H,(H2,2,3);1H4. The predicted octanol–water partition coefficient (Wildman–Crippen LogP) is 4.65. The van der Waals surface area contributed by atoms with Gasteiger partial charge in [0.15, 0.2) is 11.7 Å². The molecule has 1 aliphatic rings. The van der Waals surface area contributed by atoms with Crippen LogP contribution >= 0.6 is 0 Å². The van der Waals surface area contributed by atoms with Gasteiger partial charge in [0.2, 0.25) is 6.41 Å². The minimum atomic E-state index is 0. The summed E-state index contributed by atoms with van der Waals surface area (Å²) in [5.74, 6) is 3.72. The molecule has 2 aromatic carbocycles. The number of rotatable bonds is 4. The molecule has 1 fully saturated rings. The number of ether oxygens (including phenoxy) is 1. The number of hydrogen-bond donors (Lipinski definition) is 2. The SMILES string of the molecule is C.Cc1nc(C2CCCNC2)oc1-c1ccc(Oc2ccccc2)cc1.NC=O. The summed E-state index contributed by atoms with van der Waals surface area (Å²) in [7, 11) is 0. The zero-order valence-electron chi connectivity index (χ0n) is 15.9. The zero-order chi connectivity index (χ0) is 19.8. The van der Waals surface area contributed by atoms with Crippen molar-refractivity contribution in [2.75, 3.05) is 13.1 Å². The second-order valence-electron chi connectivity index (χ2n) is 6.59. The molecule has 0 saturated carbocycles. The highest BCUT2D eigenvalue weighted by Gasteiger charge is 2.22. The Morgan fingerprint density at radius 3 is 2.41 bits per heavy atom. The van der Waals surface area contributed by atoms with Gasteiger partial charge in [-0.25, -0.2) is 4.98 Å². The van der Waals surface area contributed by atoms with Crippen molar-refractivity contribution in [2.24, 2.45) is 5.73 Å². The molecular weight excluding hydrogens is 366 g/mol. The van der Waals surface area contributed by atoms with Crippen molar-refractivity contribution in [3.8, 4) is 22.8 Å². The molecule has 1 amide bonds. The first-order valence-electron chi connectivity index (χ1n) is 9.38. The minimum Gasteiger partial charge on any atom is -0.457 e. The van der Waals surface area contributed by atoms with Crippen molar-refractivity contribution in [2.45, 2.75) is 33.1 Å². The summed E-state index contributed by atoms with van der Waals surface area (Å²) in [4.78, 5) is 13.2. The third kappa shape index (κ3) is 5.93. The number of carbonyl (C=O) groups is 1. The lowest BCUT2D eigenvalue weighted by atomic mass is 10.00. The number of amides is 1. The van der Waals surface area contributed by atoms with E-state index in [1.165, 1.54) is 6.42 Å². The summed E-state index contributed by atoms with van der Waals surface area (Å²) in [5.41, 5.74) is 6.14. The number of aromatic nitrogens is 1. The van der Waals surface area contributed by atoms with Crippen LogP contribution in [0.25, 0.3) is 11.3 Å². The second kappa shape index (κ2) is 11.0. The van der Waals surface area contributed by atoms with E-state index < -0.39 is 0 Å². The third-order valence-corrected chi connectivity index (χ3v) is 4.55. The molecular formula is C23H29N3O3. The Bertz CT molecular complexity index is 870. The summed E-state index contributed by atoms with van der Waals surface area (Å²) < 4.78 is 12.0. The first-order valence-corrected chi connectivity index (χ1v) is 9.38. The fourth-order valence-electron chi connectivity index (χ4n) is 3.22. The topological polar surface area (TPSA) is 90.4 Å². The molecule has 1 saturated heterocycles. The van der Waals surface area contributed by atoms with Gasteiger partial charge in [-0.2, -0.15) is 0 Å². The third-order valence-electron chi connectivity index (χ3n) is 4.55. The van der Waals surface area contributed by atoms with Gasteiger partial charge in [-0.1, -0.05) is 25.6 Å². The second-order valence-corrected chi connectivity index (χ2v) is 6.59. The van der Waals surface area contributed by atoms with Crippen LogP contribution in [-0.4, -0.2) is 24.5 Å². The van der Waals surface area contributed by atoms with Crippen LogP contribution in [0.15, 0.2) is 59.0 Å². The van der Waals surface area contributed by atoms with Gasteiger partial charge in [-0.05, 0) is 62.7 Å². The quantitative estimate of drug-likeness (QED) is 0.628. The Hall–Kier alpha value is -3.12. The van der Waals surface area contributed by atoms with Crippen molar-refractivity contribution in [3.63, 3.8) is 0 Å². The van der Waals surface area contributed by atoms with Crippen molar-refractivity contribution in [1.29, 1.82) is 0 Å². The number of nitrogens with zero attached hydrogens (tertiary/aromatic N) is 1. The maximum atomic E-state index is 8.58. The fraction of sp³-hybridized carbons (Fsp3) is 0.304. The number of para-hydroxylation sites is 1. The molecule has 154 valence electrons. The van der Waals surface area contributed by atoms with Crippen LogP contribution < -0.4 is 15.8 Å². The number of oxazole rings is 1. The van der Waals surface area contributed by atoms with Gasteiger partial charge in [-0.15, -0.1) is 0 Å². The molecule has 1 unspecified atom stereocenters. The van der Waals surface area contributed by atoms with E-state index in [9.17, 15) is 0 Å². The predicted molar refractivity (Wildman–Crippen MR) is 115 cm³/mol. The van der Waals surface area contributed by atoms with Crippen LogP contribution in [0, 0.1) is 6.92 Å². The van der Waals surface area contributed by atoms with Crippen LogP contribution in [0.5, 0.6) is 11.5 Å². The van der Waals surface area contributed by atoms with Gasteiger partial charge in [0.25, 0.3) is 0 Å². The van der Waals surface area contributed by atoms with Gasteiger partial charge in [0.1, 0.15) is 11.5 Å². The molecule has 0 spiro atoms. The average molecular weight is 396 g/mol. The lowest BCUT2D eigenvalue weighted by molar-refractivity contribution is -0.106. The molecule has 1 atom stereocenters. The number of piperidine rings is 1. The van der Waals surface area contributed by atoms with Crippen LogP contribution in [0.1, 0.15) is 37.8 Å². The van der Waals surface area contributed by atoms with Crippen LogP contribution in [0.3, 0.4) is 0 Å². The van der Waals surface area contributed by atoms with Crippen molar-refractivity contribution in [1.82, 2.24) is 10.3 Å². The normalized spacial score (nSPS) is 15.4. The Morgan fingerprint density at radius 2 is 1.79 bits per heavy atom. The number of nitrogens with two attached hydrogens (primary N) is 1. The van der Waals surface area contributed by atoms with E-state index in [1.807, 2.05) is 61.5 Å². The first kappa shape index (κ1) is 22.2. The molecule has 0 radical (unpaired) electrons. The molecule has 1 aromatic heterocycles. The van der Waals surface area contributed by atoms with E-state index in [-0.39, 0.29) is 13.8 Å². The largest absolute Gasteiger partial charge is 0.457 e. The molecule has 6 nitrogen and oxygen atoms in total. The molecule has 3 N–H and O–H groups in total. The van der Waals surface area contributed by atoms with Crippen molar-refractivity contribution < 1.29 is 13.9 Å². The smallest absolute Gasteiger partial charge is 0.204 e. The van der Waals surface area contributed by atoms with Gasteiger partial charge in [-0.3, -0.25) is 4.79 Å². The van der Waals surface area contributed by atoms with Crippen molar-refractivity contribution in [3.05, 3.63) is 66.2 Å². The summed E-state index contributed by atoms with van der Waals surface area (Å²) in [6.45, 7) is 4.04. The Kier molecular flexibility index (Phi) is 8.43. The number of hydrogen-bond acceptors (Lipinski definition) is 5. The van der Waals surface area contributed by atoms with Crippen molar-refractivity contribution >= 4 is 6.41 Å². The lowest BCUT2D eigenvalue weighted by Crippen LogP contribution is -2.28. The summed E-state index contributed by atoms with van der Waals surface area (Å²) in [6.07, 6.45) is 2.56. The molecule has 3 aromatic rings. The highest BCUT2D eigenvalue weighted by Crippen LogP contribution is 2.31. The molecule has 6 heteroatoms. The Morgan fingerprint density at radius 1 is 1.14 bits per heavy atom. The fourth-order valence-corrected chi connectivity index (χ4v) is 3.22. The van der Waals surface area contributed by atoms with Crippen LogP contribution in [0.4, 0.5) is 0 Å². The van der Waals surface area contributed by atoms with E-state index in [2.05, 4.69) is 16.0 Å². The molecule has 4 rings (SSSR count). The number of nitrogens with one attached hydrogen (secondary N) is 1. The van der Waals surface area contributed by atoms with Crippen LogP contribution in [0.2, 0.25) is 0 Å². The number of aryl methyl sites for hydroxylation is 1. The molecule has 29 heavy (non-hydrogen) atoms. The summed E-state index contributed by atoms with van der Waals surface area (Å²) in [5, 5.41) is 3.42. The van der Waals surface area contributed by atoms with E-state index in [4.69, 9.17) is 13.9 Å². The number of benzene rings is 2. The van der Waals surface area contributed by atoms with E-state index in [1.54, 1.807) is 0 Å². The summed E-state index contributed by atoms with van der Waals surface area (Å²) in [6, 6.07) is 17.8. The van der Waals surface area contributed by atoms with E-state index in [0.717, 1.165) is 53.9 Å². The highest BCUT2D eigenvalue weighted by atomic mass is 16.5. The molecule has 0 aliphatic carbocycles. The molecule has 2 heterocycles. The molecule has 0 bridgehead atoms. The Balaban J connectivity index is 0.000000708. The maximum Gasteiger partial charge on any atom is 0.204 e. The van der Waals surface area contributed by atoms with Gasteiger partial charge in [0, 0.05) is 18.0 Å². The minimum absolute atomic E-state index is 0. The Labute approximate surface area is 172 Å². The van der Waals surface area contributed by atoms with Gasteiger partial charge in [0.05, 0.1) is 5.69 Å². The number of carbonyl (C=O) groups excluding carboxylic acids is 1. The lowest BCUT2D eigenvalue weighted by Gasteiger charge is -2.19. The van der Waals surface area contributed by atoms with Gasteiger partial charge >= 0.3 is 0 Å². The maximum absolute atomic E-state index is 8.58. The number of primary amides is 1. The summed E-state index contributed by atoms with van der Waals surface area (Å²) >= 11 is 0. The van der Waals surface area contributed by atoms with Gasteiger partial charge < -0.3 is 20.2 Å². The van der Waals surface area contributed by atoms with E-state index >= 15 is 0 Å². The first-order chi connectivity index (χ1) is 13.7.